The summed E-state index contributed by atoms with van der Waals surface area (Å²) in [6.07, 6.45) is 3.54. The lowest BCUT2D eigenvalue weighted by atomic mass is 10.1. The quantitative estimate of drug-likeness (QED) is 0.876. The highest BCUT2D eigenvalue weighted by atomic mass is 79.9. The molecule has 4 nitrogen and oxygen atoms in total. The molecule has 0 saturated carbocycles. The standard InChI is InChI=1S/C11H16BrN3OS/c1-7-9(13)6-14-11(10(7)12)15-8-2-4-17(16)5-3-8/h6,8H,2-5,13H2,1H3,(H,14,15). The number of pyridine rings is 1. The maximum atomic E-state index is 11.3. The Balaban J connectivity index is 2.09. The number of anilines is 2. The van der Waals surface area contributed by atoms with E-state index in [0.717, 1.165) is 40.2 Å². The van der Waals surface area contributed by atoms with Gasteiger partial charge in [0.05, 0.1) is 16.4 Å². The van der Waals surface area contributed by atoms with E-state index < -0.39 is 10.8 Å². The van der Waals surface area contributed by atoms with Gasteiger partial charge in [0.2, 0.25) is 0 Å². The number of aromatic nitrogens is 1. The summed E-state index contributed by atoms with van der Waals surface area (Å²) in [5.74, 6) is 2.39. The molecule has 0 spiro atoms. The Labute approximate surface area is 112 Å². The van der Waals surface area contributed by atoms with Gasteiger partial charge in [-0.15, -0.1) is 0 Å². The van der Waals surface area contributed by atoms with Gasteiger partial charge < -0.3 is 11.1 Å². The van der Waals surface area contributed by atoms with Crippen molar-refractivity contribution in [2.24, 2.45) is 0 Å². The van der Waals surface area contributed by atoms with E-state index in [4.69, 9.17) is 5.73 Å². The van der Waals surface area contributed by atoms with E-state index in [1.54, 1.807) is 6.20 Å². The van der Waals surface area contributed by atoms with Crippen molar-refractivity contribution < 1.29 is 4.21 Å². The van der Waals surface area contributed by atoms with E-state index in [2.05, 4.69) is 26.2 Å². The molecular weight excluding hydrogens is 302 g/mol. The Kier molecular flexibility index (Phi) is 4.04. The van der Waals surface area contributed by atoms with Crippen molar-refractivity contribution >= 4 is 38.2 Å². The van der Waals surface area contributed by atoms with E-state index in [9.17, 15) is 4.21 Å². The molecule has 3 N–H and O–H groups in total. The fraction of sp³-hybridized carbons (Fsp3) is 0.545. The number of nitrogen functional groups attached to an aromatic ring is 1. The van der Waals surface area contributed by atoms with Crippen LogP contribution in [-0.4, -0.2) is 26.7 Å². The van der Waals surface area contributed by atoms with Crippen LogP contribution in [-0.2, 0) is 10.8 Å². The molecule has 94 valence electrons. The number of rotatable bonds is 2. The summed E-state index contributed by atoms with van der Waals surface area (Å²) in [6.45, 7) is 1.96. The van der Waals surface area contributed by atoms with Crippen molar-refractivity contribution in [3.63, 3.8) is 0 Å². The second-order valence-electron chi connectivity index (χ2n) is 4.27. The molecule has 0 aliphatic carbocycles. The zero-order valence-electron chi connectivity index (χ0n) is 9.70. The van der Waals surface area contributed by atoms with Crippen LogP contribution in [0.5, 0.6) is 0 Å². The van der Waals surface area contributed by atoms with Crippen molar-refractivity contribution in [3.8, 4) is 0 Å². The van der Waals surface area contributed by atoms with Crippen molar-refractivity contribution in [2.75, 3.05) is 22.6 Å². The largest absolute Gasteiger partial charge is 0.397 e. The number of nitrogens with two attached hydrogens (primary N) is 1. The highest BCUT2D eigenvalue weighted by Gasteiger charge is 2.19. The molecular formula is C11H16BrN3OS. The van der Waals surface area contributed by atoms with Crippen LogP contribution in [0.15, 0.2) is 10.7 Å². The summed E-state index contributed by atoms with van der Waals surface area (Å²) >= 11 is 3.50. The van der Waals surface area contributed by atoms with Crippen LogP contribution in [0.4, 0.5) is 11.5 Å². The van der Waals surface area contributed by atoms with Gasteiger partial charge in [0, 0.05) is 28.3 Å². The van der Waals surface area contributed by atoms with Gasteiger partial charge in [-0.05, 0) is 41.3 Å². The SMILES string of the molecule is Cc1c(N)cnc(NC2CCS(=O)CC2)c1Br. The maximum absolute atomic E-state index is 11.3. The fourth-order valence-corrected chi connectivity index (χ4v) is 3.57. The molecule has 1 aliphatic rings. The fourth-order valence-electron chi connectivity index (χ4n) is 1.82. The Hall–Kier alpha value is -0.620. The predicted octanol–water partition coefficient (Wildman–Crippen LogP) is 2.06. The summed E-state index contributed by atoms with van der Waals surface area (Å²) in [7, 11) is -0.624. The first-order chi connectivity index (χ1) is 8.08. The van der Waals surface area contributed by atoms with Gasteiger partial charge in [0.25, 0.3) is 0 Å². The van der Waals surface area contributed by atoms with E-state index >= 15 is 0 Å². The van der Waals surface area contributed by atoms with Gasteiger partial charge in [-0.3, -0.25) is 4.21 Å². The molecule has 17 heavy (non-hydrogen) atoms. The average molecular weight is 318 g/mol. The number of nitrogens with one attached hydrogen (secondary N) is 1. The molecule has 0 radical (unpaired) electrons. The van der Waals surface area contributed by atoms with Gasteiger partial charge in [-0.25, -0.2) is 4.98 Å². The van der Waals surface area contributed by atoms with Crippen LogP contribution >= 0.6 is 15.9 Å². The van der Waals surface area contributed by atoms with Crippen LogP contribution in [0.3, 0.4) is 0 Å². The molecule has 2 rings (SSSR count). The summed E-state index contributed by atoms with van der Waals surface area (Å²) in [5.41, 5.74) is 7.47. The molecule has 0 bridgehead atoms. The minimum atomic E-state index is -0.624. The lowest BCUT2D eigenvalue weighted by Gasteiger charge is -2.24. The summed E-state index contributed by atoms with van der Waals surface area (Å²) in [5, 5.41) is 3.39. The topological polar surface area (TPSA) is 68.0 Å². The van der Waals surface area contributed by atoms with Crippen LogP contribution in [0.2, 0.25) is 0 Å². The first-order valence-electron chi connectivity index (χ1n) is 5.60. The third-order valence-electron chi connectivity index (χ3n) is 3.03. The van der Waals surface area contributed by atoms with E-state index in [-0.39, 0.29) is 0 Å². The third-order valence-corrected chi connectivity index (χ3v) is 5.38. The molecule has 6 heteroatoms. The molecule has 0 atom stereocenters. The second-order valence-corrected chi connectivity index (χ2v) is 6.76. The molecule has 1 aliphatic heterocycles. The average Bonchev–Trinajstić information content (AvgIpc) is 2.33. The maximum Gasteiger partial charge on any atom is 0.140 e. The van der Waals surface area contributed by atoms with Crippen LogP contribution in [0.25, 0.3) is 0 Å². The summed E-state index contributed by atoms with van der Waals surface area (Å²) in [6, 6.07) is 0.361. The number of hydrogen-bond donors (Lipinski definition) is 2. The monoisotopic (exact) mass is 317 g/mol. The zero-order valence-corrected chi connectivity index (χ0v) is 12.1. The van der Waals surface area contributed by atoms with Crippen molar-refractivity contribution in [3.05, 3.63) is 16.2 Å². The second kappa shape index (κ2) is 5.35. The highest BCUT2D eigenvalue weighted by molar-refractivity contribution is 9.10. The molecule has 2 heterocycles. The first-order valence-corrected chi connectivity index (χ1v) is 7.88. The van der Waals surface area contributed by atoms with Gasteiger partial charge >= 0.3 is 0 Å². The zero-order chi connectivity index (χ0) is 12.4. The Morgan fingerprint density at radius 1 is 1.53 bits per heavy atom. The van der Waals surface area contributed by atoms with Gasteiger partial charge in [-0.1, -0.05) is 0 Å². The van der Waals surface area contributed by atoms with E-state index in [0.29, 0.717) is 11.7 Å². The number of halogens is 1. The van der Waals surface area contributed by atoms with Crippen LogP contribution in [0.1, 0.15) is 18.4 Å². The molecule has 1 aromatic heterocycles. The smallest absolute Gasteiger partial charge is 0.140 e. The Morgan fingerprint density at radius 3 is 2.82 bits per heavy atom. The van der Waals surface area contributed by atoms with Gasteiger partial charge in [0.15, 0.2) is 0 Å². The summed E-state index contributed by atoms with van der Waals surface area (Å²) in [4.78, 5) is 4.29. The molecule has 1 aromatic rings. The lowest BCUT2D eigenvalue weighted by molar-refractivity contribution is 0.622. The Morgan fingerprint density at radius 2 is 2.18 bits per heavy atom. The molecule has 0 unspecified atom stereocenters. The highest BCUT2D eigenvalue weighted by Crippen LogP contribution is 2.29. The van der Waals surface area contributed by atoms with E-state index in [1.165, 1.54) is 0 Å². The van der Waals surface area contributed by atoms with Gasteiger partial charge in [0.1, 0.15) is 5.82 Å². The van der Waals surface area contributed by atoms with Crippen molar-refractivity contribution in [2.45, 2.75) is 25.8 Å². The lowest BCUT2D eigenvalue weighted by Crippen LogP contribution is -2.29. The third kappa shape index (κ3) is 2.98. The molecule has 1 saturated heterocycles. The van der Waals surface area contributed by atoms with Crippen LogP contribution < -0.4 is 11.1 Å². The van der Waals surface area contributed by atoms with Crippen molar-refractivity contribution in [1.29, 1.82) is 0 Å². The molecule has 1 fully saturated rings. The minimum Gasteiger partial charge on any atom is -0.397 e. The molecule has 0 amide bonds. The summed E-state index contributed by atoms with van der Waals surface area (Å²) < 4.78 is 12.2. The minimum absolute atomic E-state index is 0.361. The molecule has 0 aromatic carbocycles. The number of hydrogen-bond acceptors (Lipinski definition) is 4. The Bertz CT molecular complexity index is 443. The predicted molar refractivity (Wildman–Crippen MR) is 75.6 cm³/mol. The van der Waals surface area contributed by atoms with E-state index in [1.807, 2.05) is 6.92 Å². The van der Waals surface area contributed by atoms with Crippen molar-refractivity contribution in [1.82, 2.24) is 4.98 Å². The first kappa shape index (κ1) is 12.8. The van der Waals surface area contributed by atoms with Gasteiger partial charge in [-0.2, -0.15) is 0 Å². The number of nitrogens with zero attached hydrogens (tertiary/aromatic N) is 1. The van der Waals surface area contributed by atoms with Crippen LogP contribution in [0, 0.1) is 6.92 Å². The normalized spacial score (nSPS) is 24.6.